The van der Waals surface area contributed by atoms with E-state index in [1.54, 1.807) is 0 Å². The van der Waals surface area contributed by atoms with E-state index in [0.29, 0.717) is 0 Å². The van der Waals surface area contributed by atoms with E-state index in [0.717, 1.165) is 12.1 Å². The van der Waals surface area contributed by atoms with Crippen LogP contribution in [0.2, 0.25) is 0 Å². The number of carbonyl (C=O) groups is 1. The van der Waals surface area contributed by atoms with Gasteiger partial charge >= 0.3 is 17.7 Å². The molecule has 0 unspecified atom stereocenters. The molecule has 1 heterocycles. The number of aromatic nitrogens is 1. The second-order valence-corrected chi connectivity index (χ2v) is 2.32. The molecule has 1 rings (SSSR count). The van der Waals surface area contributed by atoms with Crippen LogP contribution in [-0.2, 0) is 0 Å². The van der Waals surface area contributed by atoms with Crippen molar-refractivity contribution in [2.75, 3.05) is 7.11 Å². The highest BCUT2D eigenvalue weighted by atomic mass is 16.6. The van der Waals surface area contributed by atoms with Gasteiger partial charge in [-0.15, -0.1) is 0 Å². The van der Waals surface area contributed by atoms with Gasteiger partial charge in [-0.1, -0.05) is 0 Å². The topological polar surface area (TPSA) is 103 Å². The zero-order valence-corrected chi connectivity index (χ0v) is 7.13. The quantitative estimate of drug-likeness (QED) is 0.566. The highest BCUT2D eigenvalue weighted by molar-refractivity contribution is 5.88. The molecule has 1 aromatic heterocycles. The third-order valence-corrected chi connectivity index (χ3v) is 1.43. The smallest absolute Gasteiger partial charge is 0.368 e. The van der Waals surface area contributed by atoms with E-state index in [2.05, 4.69) is 9.72 Å². The Kier molecular flexibility index (Phi) is 2.61. The average Bonchev–Trinajstić information content (AvgIpc) is 2.16. The van der Waals surface area contributed by atoms with Gasteiger partial charge in [-0.2, -0.15) is 0 Å². The second-order valence-electron chi connectivity index (χ2n) is 2.32. The van der Waals surface area contributed by atoms with Crippen LogP contribution in [0.4, 0.5) is 5.82 Å². The minimum absolute atomic E-state index is 0.100. The number of carboxylic acid groups (broad SMARTS) is 1. The maximum atomic E-state index is 10.5. The molecule has 0 radical (unpaired) electrons. The van der Waals surface area contributed by atoms with Gasteiger partial charge in [0.15, 0.2) is 0 Å². The minimum atomic E-state index is -1.27. The molecule has 0 aromatic carbocycles. The Balaban J connectivity index is 3.27. The lowest BCUT2D eigenvalue weighted by atomic mass is 10.2. The summed E-state index contributed by atoms with van der Waals surface area (Å²) in [5.41, 5.74) is -0.233. The molecule has 14 heavy (non-hydrogen) atoms. The summed E-state index contributed by atoms with van der Waals surface area (Å²) in [7, 11) is 1.25. The lowest BCUT2D eigenvalue weighted by molar-refractivity contribution is -0.389. The Labute approximate surface area is 78.1 Å². The van der Waals surface area contributed by atoms with Crippen molar-refractivity contribution in [1.29, 1.82) is 0 Å². The van der Waals surface area contributed by atoms with E-state index in [-0.39, 0.29) is 11.4 Å². The van der Waals surface area contributed by atoms with Gasteiger partial charge in [-0.3, -0.25) is 0 Å². The molecule has 0 aliphatic heterocycles. The summed E-state index contributed by atoms with van der Waals surface area (Å²) in [6.07, 6.45) is 0. The Morgan fingerprint density at radius 2 is 2.29 bits per heavy atom. The monoisotopic (exact) mass is 198 g/mol. The summed E-state index contributed by atoms with van der Waals surface area (Å²) in [5, 5.41) is 18.9. The number of ether oxygens (including phenoxy) is 1. The third kappa shape index (κ3) is 1.94. The summed E-state index contributed by atoms with van der Waals surface area (Å²) in [6, 6.07) is 1.97. The number of nitro groups is 1. The van der Waals surface area contributed by atoms with Crippen LogP contribution in [-0.4, -0.2) is 28.1 Å². The van der Waals surface area contributed by atoms with Gasteiger partial charge in [0.2, 0.25) is 0 Å². The van der Waals surface area contributed by atoms with E-state index in [1.165, 1.54) is 7.11 Å². The highest BCUT2D eigenvalue weighted by Gasteiger charge is 2.16. The number of rotatable bonds is 3. The van der Waals surface area contributed by atoms with Crippen molar-refractivity contribution in [3.63, 3.8) is 0 Å². The maximum Gasteiger partial charge on any atom is 0.368 e. The van der Waals surface area contributed by atoms with Crippen LogP contribution in [0.15, 0.2) is 12.1 Å². The number of carboxylic acids is 1. The van der Waals surface area contributed by atoms with Gasteiger partial charge in [-0.05, 0) is 4.92 Å². The molecule has 0 saturated heterocycles. The van der Waals surface area contributed by atoms with Crippen molar-refractivity contribution in [3.8, 4) is 5.88 Å². The molecule has 7 nitrogen and oxygen atoms in total. The van der Waals surface area contributed by atoms with Crippen LogP contribution in [0.3, 0.4) is 0 Å². The standard InChI is InChI=1S/C7H6N2O5/c1-14-6-3-4(7(10)11)2-5(8-6)9(12)13/h2-3H,1H3,(H,10,11). The Morgan fingerprint density at radius 1 is 1.64 bits per heavy atom. The van der Waals surface area contributed by atoms with Crippen LogP contribution in [0, 0.1) is 10.1 Å². The molecule has 7 heteroatoms. The summed E-state index contributed by atoms with van der Waals surface area (Å²) in [6.45, 7) is 0. The van der Waals surface area contributed by atoms with Gasteiger partial charge in [0, 0.05) is 11.1 Å². The van der Waals surface area contributed by atoms with E-state index in [1.807, 2.05) is 0 Å². The van der Waals surface area contributed by atoms with Gasteiger partial charge in [0.05, 0.1) is 18.7 Å². The number of hydrogen-bond donors (Lipinski definition) is 1. The van der Waals surface area contributed by atoms with Crippen molar-refractivity contribution in [1.82, 2.24) is 4.98 Å². The first-order chi connectivity index (χ1) is 6.54. The molecule has 0 fully saturated rings. The molecular weight excluding hydrogens is 192 g/mol. The SMILES string of the molecule is COc1cc(C(=O)O)cc([N+](=O)[O-])n1. The minimum Gasteiger partial charge on any atom is -0.478 e. The van der Waals surface area contributed by atoms with Crippen molar-refractivity contribution in [2.24, 2.45) is 0 Å². The number of methoxy groups -OCH3 is 1. The van der Waals surface area contributed by atoms with Crippen LogP contribution < -0.4 is 4.74 Å². The number of hydrogen-bond acceptors (Lipinski definition) is 5. The molecule has 1 N–H and O–H groups in total. The molecule has 0 saturated carbocycles. The summed E-state index contributed by atoms with van der Waals surface area (Å²) < 4.78 is 4.62. The summed E-state index contributed by atoms with van der Waals surface area (Å²) in [4.78, 5) is 23.5. The van der Waals surface area contributed by atoms with Crippen molar-refractivity contribution in [2.45, 2.75) is 0 Å². The Morgan fingerprint density at radius 3 is 2.71 bits per heavy atom. The molecule has 0 spiro atoms. The first kappa shape index (κ1) is 9.90. The zero-order valence-electron chi connectivity index (χ0n) is 7.13. The average molecular weight is 198 g/mol. The Bertz CT molecular complexity index is 357. The van der Waals surface area contributed by atoms with Gasteiger partial charge in [-0.25, -0.2) is 4.79 Å². The van der Waals surface area contributed by atoms with Crippen molar-refractivity contribution in [3.05, 3.63) is 27.8 Å². The number of aromatic carboxylic acids is 1. The van der Waals surface area contributed by atoms with Crippen LogP contribution in [0.1, 0.15) is 10.4 Å². The normalized spacial score (nSPS) is 9.50. The first-order valence-corrected chi connectivity index (χ1v) is 3.48. The molecule has 0 bridgehead atoms. The van der Waals surface area contributed by atoms with Crippen LogP contribution in [0.25, 0.3) is 0 Å². The van der Waals surface area contributed by atoms with Crippen molar-refractivity contribution < 1.29 is 19.6 Å². The molecule has 0 aliphatic carbocycles. The fourth-order valence-electron chi connectivity index (χ4n) is 0.813. The fourth-order valence-corrected chi connectivity index (χ4v) is 0.813. The number of pyridine rings is 1. The largest absolute Gasteiger partial charge is 0.478 e. The Hall–Kier alpha value is -2.18. The fraction of sp³-hybridized carbons (Fsp3) is 0.143. The van der Waals surface area contributed by atoms with Crippen LogP contribution in [0.5, 0.6) is 5.88 Å². The summed E-state index contributed by atoms with van der Waals surface area (Å²) >= 11 is 0. The highest BCUT2D eigenvalue weighted by Crippen LogP contribution is 2.17. The van der Waals surface area contributed by atoms with E-state index >= 15 is 0 Å². The molecule has 1 aromatic rings. The predicted molar refractivity (Wildman–Crippen MR) is 44.4 cm³/mol. The third-order valence-electron chi connectivity index (χ3n) is 1.43. The molecule has 74 valence electrons. The van der Waals surface area contributed by atoms with Gasteiger partial charge in [0.25, 0.3) is 0 Å². The predicted octanol–water partition coefficient (Wildman–Crippen LogP) is 0.697. The first-order valence-electron chi connectivity index (χ1n) is 3.48. The lowest BCUT2D eigenvalue weighted by Crippen LogP contribution is -2.02. The molecule has 0 amide bonds. The summed E-state index contributed by atoms with van der Waals surface area (Å²) in [5.74, 6) is -1.92. The van der Waals surface area contributed by atoms with E-state index in [9.17, 15) is 14.9 Å². The molecular formula is C7H6N2O5. The second kappa shape index (κ2) is 3.69. The van der Waals surface area contributed by atoms with Crippen molar-refractivity contribution >= 4 is 11.8 Å². The number of nitrogens with zero attached hydrogens (tertiary/aromatic N) is 2. The maximum absolute atomic E-state index is 10.5. The molecule has 0 atom stereocenters. The lowest BCUT2D eigenvalue weighted by Gasteiger charge is -1.97. The van der Waals surface area contributed by atoms with Crippen LogP contribution >= 0.6 is 0 Å². The van der Waals surface area contributed by atoms with E-state index in [4.69, 9.17) is 5.11 Å². The van der Waals surface area contributed by atoms with E-state index < -0.39 is 16.7 Å². The van der Waals surface area contributed by atoms with Gasteiger partial charge < -0.3 is 20.0 Å². The van der Waals surface area contributed by atoms with Gasteiger partial charge in [0.1, 0.15) is 0 Å². The zero-order chi connectivity index (χ0) is 10.7. The molecule has 0 aliphatic rings.